The molecule has 2 amide bonds. The number of hydrogen-bond acceptors (Lipinski definition) is 3. The summed E-state index contributed by atoms with van der Waals surface area (Å²) in [5.74, 6) is -1.65. The summed E-state index contributed by atoms with van der Waals surface area (Å²) in [4.78, 5) is 36.0. The van der Waals surface area contributed by atoms with E-state index in [2.05, 4.69) is 5.32 Å². The highest BCUT2D eigenvalue weighted by atomic mass is 16.4. The molecule has 1 aliphatic heterocycles. The zero-order chi connectivity index (χ0) is 14.0. The van der Waals surface area contributed by atoms with Crippen molar-refractivity contribution in [1.82, 2.24) is 10.2 Å². The standard InChI is InChI=1S/C13H20N2O4/c1-8(13(18)19)4-5-14-12(17)9-6-11(16)15(7-9)10-2-3-10/h8-10H,2-7H2,1H3,(H,14,17)(H,18,19). The van der Waals surface area contributed by atoms with Gasteiger partial charge in [-0.2, -0.15) is 0 Å². The molecule has 6 nitrogen and oxygen atoms in total. The van der Waals surface area contributed by atoms with Gasteiger partial charge in [-0.15, -0.1) is 0 Å². The van der Waals surface area contributed by atoms with Gasteiger partial charge < -0.3 is 15.3 Å². The highest BCUT2D eigenvalue weighted by Gasteiger charge is 2.41. The average molecular weight is 268 g/mol. The van der Waals surface area contributed by atoms with E-state index in [1.807, 2.05) is 4.90 Å². The van der Waals surface area contributed by atoms with Crippen LogP contribution in [0.2, 0.25) is 0 Å². The van der Waals surface area contributed by atoms with Crippen LogP contribution < -0.4 is 5.32 Å². The average Bonchev–Trinajstić information content (AvgIpc) is 3.12. The summed E-state index contributed by atoms with van der Waals surface area (Å²) in [6, 6.07) is 0.359. The molecule has 2 unspecified atom stereocenters. The molecular formula is C13H20N2O4. The number of rotatable bonds is 6. The molecule has 2 atom stereocenters. The van der Waals surface area contributed by atoms with E-state index >= 15 is 0 Å². The molecule has 1 saturated carbocycles. The largest absolute Gasteiger partial charge is 0.481 e. The molecule has 0 aromatic carbocycles. The van der Waals surface area contributed by atoms with Crippen molar-refractivity contribution in [2.24, 2.45) is 11.8 Å². The normalized spacial score (nSPS) is 24.4. The Hall–Kier alpha value is -1.59. The molecule has 0 aromatic rings. The van der Waals surface area contributed by atoms with Crippen LogP contribution in [0.1, 0.15) is 32.6 Å². The van der Waals surface area contributed by atoms with Crippen molar-refractivity contribution >= 4 is 17.8 Å². The van der Waals surface area contributed by atoms with Crippen molar-refractivity contribution in [3.63, 3.8) is 0 Å². The van der Waals surface area contributed by atoms with Crippen molar-refractivity contribution in [3.05, 3.63) is 0 Å². The van der Waals surface area contributed by atoms with Gasteiger partial charge in [-0.25, -0.2) is 0 Å². The lowest BCUT2D eigenvalue weighted by atomic mass is 10.1. The Morgan fingerprint density at radius 3 is 2.74 bits per heavy atom. The number of carbonyl (C=O) groups is 3. The predicted molar refractivity (Wildman–Crippen MR) is 67.3 cm³/mol. The maximum atomic E-state index is 11.9. The van der Waals surface area contributed by atoms with E-state index < -0.39 is 11.9 Å². The van der Waals surface area contributed by atoms with Crippen LogP contribution >= 0.6 is 0 Å². The van der Waals surface area contributed by atoms with Crippen LogP contribution in [0.25, 0.3) is 0 Å². The number of amides is 2. The summed E-state index contributed by atoms with van der Waals surface area (Å²) in [6.45, 7) is 2.48. The minimum Gasteiger partial charge on any atom is -0.481 e. The van der Waals surface area contributed by atoms with E-state index in [1.54, 1.807) is 6.92 Å². The third kappa shape index (κ3) is 3.45. The lowest BCUT2D eigenvalue weighted by molar-refractivity contribution is -0.141. The van der Waals surface area contributed by atoms with Crippen molar-refractivity contribution < 1.29 is 19.5 Å². The first-order chi connectivity index (χ1) is 8.99. The van der Waals surface area contributed by atoms with Crippen LogP contribution in [0.4, 0.5) is 0 Å². The number of carbonyl (C=O) groups excluding carboxylic acids is 2. The molecule has 0 radical (unpaired) electrons. The highest BCUT2D eigenvalue weighted by Crippen LogP contribution is 2.32. The van der Waals surface area contributed by atoms with Gasteiger partial charge in [0, 0.05) is 25.6 Å². The van der Waals surface area contributed by atoms with E-state index in [4.69, 9.17) is 5.11 Å². The zero-order valence-corrected chi connectivity index (χ0v) is 11.1. The highest BCUT2D eigenvalue weighted by molar-refractivity contribution is 5.89. The SMILES string of the molecule is CC(CCNC(=O)C1CC(=O)N(C2CC2)C1)C(=O)O. The summed E-state index contributed by atoms with van der Waals surface area (Å²) in [7, 11) is 0. The van der Waals surface area contributed by atoms with Crippen LogP contribution in [-0.4, -0.2) is 46.9 Å². The Bertz CT molecular complexity index is 392. The van der Waals surface area contributed by atoms with Gasteiger partial charge in [0.15, 0.2) is 0 Å². The Balaban J connectivity index is 1.72. The number of aliphatic carboxylic acids is 1. The molecule has 2 N–H and O–H groups in total. The van der Waals surface area contributed by atoms with E-state index in [9.17, 15) is 14.4 Å². The Morgan fingerprint density at radius 2 is 2.16 bits per heavy atom. The third-order valence-electron chi connectivity index (χ3n) is 3.82. The summed E-state index contributed by atoms with van der Waals surface area (Å²) < 4.78 is 0. The molecule has 106 valence electrons. The molecule has 0 bridgehead atoms. The van der Waals surface area contributed by atoms with Gasteiger partial charge in [-0.1, -0.05) is 6.92 Å². The van der Waals surface area contributed by atoms with Gasteiger partial charge in [-0.05, 0) is 19.3 Å². The number of carboxylic acid groups (broad SMARTS) is 1. The van der Waals surface area contributed by atoms with Gasteiger partial charge in [-0.3, -0.25) is 14.4 Å². The number of carboxylic acids is 1. The second kappa shape index (κ2) is 5.59. The Morgan fingerprint density at radius 1 is 1.47 bits per heavy atom. The number of nitrogens with one attached hydrogen (secondary N) is 1. The van der Waals surface area contributed by atoms with Crippen molar-refractivity contribution in [2.45, 2.75) is 38.6 Å². The van der Waals surface area contributed by atoms with Gasteiger partial charge in [0.2, 0.25) is 11.8 Å². The quantitative estimate of drug-likeness (QED) is 0.721. The van der Waals surface area contributed by atoms with Gasteiger partial charge in [0.25, 0.3) is 0 Å². The lowest BCUT2D eigenvalue weighted by Gasteiger charge is -2.15. The minimum atomic E-state index is -0.856. The molecular weight excluding hydrogens is 248 g/mol. The summed E-state index contributed by atoms with van der Waals surface area (Å²) >= 11 is 0. The first kappa shape index (κ1) is 13.8. The fourth-order valence-corrected chi connectivity index (χ4v) is 2.33. The van der Waals surface area contributed by atoms with E-state index in [1.165, 1.54) is 0 Å². The first-order valence-electron chi connectivity index (χ1n) is 6.79. The second-order valence-corrected chi connectivity index (χ2v) is 5.50. The molecule has 1 aliphatic carbocycles. The summed E-state index contributed by atoms with van der Waals surface area (Å²) in [5.41, 5.74) is 0. The molecule has 2 aliphatic rings. The molecule has 2 fully saturated rings. The predicted octanol–water partition coefficient (Wildman–Crippen LogP) is 0.224. The Labute approximate surface area is 112 Å². The topological polar surface area (TPSA) is 86.7 Å². The van der Waals surface area contributed by atoms with Gasteiger partial charge in [0.1, 0.15) is 0 Å². The van der Waals surface area contributed by atoms with Crippen molar-refractivity contribution in [2.75, 3.05) is 13.1 Å². The number of nitrogens with zero attached hydrogens (tertiary/aromatic N) is 1. The maximum Gasteiger partial charge on any atom is 0.306 e. The van der Waals surface area contributed by atoms with Crippen molar-refractivity contribution in [3.8, 4) is 0 Å². The number of likely N-dealkylation sites (tertiary alicyclic amines) is 1. The van der Waals surface area contributed by atoms with Crippen LogP contribution in [0.15, 0.2) is 0 Å². The summed E-state index contributed by atoms with van der Waals surface area (Å²) in [6.07, 6.45) is 2.80. The van der Waals surface area contributed by atoms with Crippen LogP contribution in [0.3, 0.4) is 0 Å². The van der Waals surface area contributed by atoms with E-state index in [0.29, 0.717) is 25.6 Å². The smallest absolute Gasteiger partial charge is 0.306 e. The van der Waals surface area contributed by atoms with Gasteiger partial charge >= 0.3 is 5.97 Å². The first-order valence-corrected chi connectivity index (χ1v) is 6.79. The molecule has 19 heavy (non-hydrogen) atoms. The molecule has 1 saturated heterocycles. The van der Waals surface area contributed by atoms with E-state index in [-0.39, 0.29) is 24.2 Å². The monoisotopic (exact) mass is 268 g/mol. The summed E-state index contributed by atoms with van der Waals surface area (Å²) in [5, 5.41) is 11.5. The van der Waals surface area contributed by atoms with Crippen LogP contribution in [0.5, 0.6) is 0 Å². The molecule has 0 spiro atoms. The fraction of sp³-hybridized carbons (Fsp3) is 0.769. The van der Waals surface area contributed by atoms with Crippen LogP contribution in [0, 0.1) is 11.8 Å². The molecule has 0 aromatic heterocycles. The molecule has 6 heteroatoms. The minimum absolute atomic E-state index is 0.0709. The Kier molecular flexibility index (Phi) is 4.07. The lowest BCUT2D eigenvalue weighted by Crippen LogP contribution is -2.34. The third-order valence-corrected chi connectivity index (χ3v) is 3.82. The fourth-order valence-electron chi connectivity index (χ4n) is 2.33. The number of hydrogen-bond donors (Lipinski definition) is 2. The van der Waals surface area contributed by atoms with Crippen LogP contribution in [-0.2, 0) is 14.4 Å². The molecule has 1 heterocycles. The van der Waals surface area contributed by atoms with E-state index in [0.717, 1.165) is 12.8 Å². The molecule has 2 rings (SSSR count). The zero-order valence-electron chi connectivity index (χ0n) is 11.1. The van der Waals surface area contributed by atoms with Crippen molar-refractivity contribution in [1.29, 1.82) is 0 Å². The van der Waals surface area contributed by atoms with Gasteiger partial charge in [0.05, 0.1) is 11.8 Å². The maximum absolute atomic E-state index is 11.9. The second-order valence-electron chi connectivity index (χ2n) is 5.50.